The number of imidazole rings is 1. The minimum absolute atomic E-state index is 0.0144. The van der Waals surface area contributed by atoms with Crippen molar-refractivity contribution in [2.24, 2.45) is 0 Å². The molecule has 0 amide bonds. The summed E-state index contributed by atoms with van der Waals surface area (Å²) in [6.45, 7) is 3.81. The average molecular weight is 234 g/mol. The van der Waals surface area contributed by atoms with E-state index in [0.717, 1.165) is 11.4 Å². The van der Waals surface area contributed by atoms with E-state index in [9.17, 15) is 4.39 Å². The summed E-state index contributed by atoms with van der Waals surface area (Å²) in [5, 5.41) is 3.18. The monoisotopic (exact) mass is 234 g/mol. The highest BCUT2D eigenvalue weighted by molar-refractivity contribution is 5.57. The first-order valence-electron chi connectivity index (χ1n) is 5.40. The molecule has 0 aliphatic heterocycles. The lowest BCUT2D eigenvalue weighted by molar-refractivity contribution is 0.626. The van der Waals surface area contributed by atoms with Crippen molar-refractivity contribution in [2.45, 2.75) is 19.9 Å². The van der Waals surface area contributed by atoms with Crippen molar-refractivity contribution < 1.29 is 4.39 Å². The zero-order chi connectivity index (χ0) is 12.4. The first kappa shape index (κ1) is 11.4. The summed E-state index contributed by atoms with van der Waals surface area (Å²) in [5.74, 6) is 1.66. The van der Waals surface area contributed by atoms with Gasteiger partial charge in [0.25, 0.3) is 0 Å². The van der Waals surface area contributed by atoms with Gasteiger partial charge in [-0.3, -0.25) is 0 Å². The number of hydrogen-bond donors (Lipinski definition) is 3. The molecular formula is C12H15FN4. The summed E-state index contributed by atoms with van der Waals surface area (Å²) in [6, 6.07) is 6.37. The van der Waals surface area contributed by atoms with E-state index in [0.29, 0.717) is 11.6 Å². The highest BCUT2D eigenvalue weighted by Crippen LogP contribution is 2.22. The summed E-state index contributed by atoms with van der Waals surface area (Å²) < 4.78 is 12.8. The molecule has 1 heterocycles. The molecule has 0 aliphatic carbocycles. The molecule has 2 rings (SSSR count). The minimum atomic E-state index is -0.240. The Morgan fingerprint density at radius 2 is 2.00 bits per heavy atom. The molecular weight excluding hydrogens is 219 g/mol. The van der Waals surface area contributed by atoms with Crippen LogP contribution in [0.5, 0.6) is 0 Å². The molecule has 2 aromatic rings. The Kier molecular flexibility index (Phi) is 2.99. The molecule has 1 atom stereocenters. The van der Waals surface area contributed by atoms with Gasteiger partial charge in [-0.15, -0.1) is 0 Å². The first-order valence-corrected chi connectivity index (χ1v) is 5.40. The van der Waals surface area contributed by atoms with Gasteiger partial charge in [-0.1, -0.05) is 12.1 Å². The number of aromatic nitrogens is 2. The van der Waals surface area contributed by atoms with Crippen LogP contribution in [0.1, 0.15) is 24.4 Å². The molecule has 4 nitrogen and oxygen atoms in total. The maximum atomic E-state index is 12.8. The lowest BCUT2D eigenvalue weighted by atomic mass is 10.1. The topological polar surface area (TPSA) is 66.7 Å². The largest absolute Gasteiger partial charge is 0.382 e. The van der Waals surface area contributed by atoms with Crippen LogP contribution >= 0.6 is 0 Å². The molecule has 0 bridgehead atoms. The zero-order valence-electron chi connectivity index (χ0n) is 9.79. The van der Waals surface area contributed by atoms with Crippen LogP contribution in [-0.2, 0) is 0 Å². The summed E-state index contributed by atoms with van der Waals surface area (Å²) in [5.41, 5.74) is 6.73. The summed E-state index contributed by atoms with van der Waals surface area (Å²) in [7, 11) is 0. The standard InChI is InChI=1S/C12H15FN4/c1-7(9-3-5-10(13)6-4-9)15-12-11(14)16-8(2)17-12/h3-7,15H,14H2,1-2H3,(H,16,17). The van der Waals surface area contributed by atoms with Gasteiger partial charge in [0.15, 0.2) is 5.82 Å². The number of nitrogens with two attached hydrogens (primary N) is 1. The van der Waals surface area contributed by atoms with Crippen LogP contribution in [-0.4, -0.2) is 9.97 Å². The van der Waals surface area contributed by atoms with Crippen LogP contribution in [0.4, 0.5) is 16.0 Å². The fourth-order valence-electron chi connectivity index (χ4n) is 1.66. The van der Waals surface area contributed by atoms with E-state index < -0.39 is 0 Å². The SMILES string of the molecule is Cc1nc(NC(C)c2ccc(F)cc2)c(N)[nH]1. The third-order valence-corrected chi connectivity index (χ3v) is 2.57. The van der Waals surface area contributed by atoms with Gasteiger partial charge in [0.2, 0.25) is 0 Å². The van der Waals surface area contributed by atoms with Crippen LogP contribution in [0.15, 0.2) is 24.3 Å². The van der Waals surface area contributed by atoms with E-state index in [2.05, 4.69) is 15.3 Å². The van der Waals surface area contributed by atoms with Gasteiger partial charge < -0.3 is 16.0 Å². The summed E-state index contributed by atoms with van der Waals surface area (Å²) in [6.07, 6.45) is 0. The number of rotatable bonds is 3. The molecule has 5 heteroatoms. The lowest BCUT2D eigenvalue weighted by Gasteiger charge is -2.14. The van der Waals surface area contributed by atoms with E-state index in [1.165, 1.54) is 12.1 Å². The van der Waals surface area contributed by atoms with Crippen molar-refractivity contribution in [3.8, 4) is 0 Å². The second-order valence-electron chi connectivity index (χ2n) is 4.00. The minimum Gasteiger partial charge on any atom is -0.382 e. The van der Waals surface area contributed by atoms with Crippen LogP contribution in [0.2, 0.25) is 0 Å². The second kappa shape index (κ2) is 4.45. The Morgan fingerprint density at radius 3 is 2.53 bits per heavy atom. The van der Waals surface area contributed by atoms with E-state index in [1.807, 2.05) is 13.8 Å². The Morgan fingerprint density at radius 1 is 1.35 bits per heavy atom. The van der Waals surface area contributed by atoms with Gasteiger partial charge in [-0.05, 0) is 31.5 Å². The molecule has 90 valence electrons. The zero-order valence-corrected chi connectivity index (χ0v) is 9.79. The smallest absolute Gasteiger partial charge is 0.169 e. The predicted octanol–water partition coefficient (Wildman–Crippen LogP) is 2.61. The molecule has 17 heavy (non-hydrogen) atoms. The summed E-state index contributed by atoms with van der Waals surface area (Å²) in [4.78, 5) is 7.15. The maximum Gasteiger partial charge on any atom is 0.169 e. The highest BCUT2D eigenvalue weighted by Gasteiger charge is 2.10. The van der Waals surface area contributed by atoms with Crippen molar-refractivity contribution in [3.63, 3.8) is 0 Å². The molecule has 0 aliphatic rings. The van der Waals surface area contributed by atoms with Crippen LogP contribution < -0.4 is 11.1 Å². The second-order valence-corrected chi connectivity index (χ2v) is 4.00. The third-order valence-electron chi connectivity index (χ3n) is 2.57. The lowest BCUT2D eigenvalue weighted by Crippen LogP contribution is -2.08. The highest BCUT2D eigenvalue weighted by atomic mass is 19.1. The number of nitrogens with zero attached hydrogens (tertiary/aromatic N) is 1. The number of anilines is 2. The van der Waals surface area contributed by atoms with E-state index >= 15 is 0 Å². The average Bonchev–Trinajstić information content (AvgIpc) is 2.58. The molecule has 1 aromatic heterocycles. The number of nitrogen functional groups attached to an aromatic ring is 1. The number of H-pyrrole nitrogens is 1. The van der Waals surface area contributed by atoms with Gasteiger partial charge >= 0.3 is 0 Å². The quantitative estimate of drug-likeness (QED) is 0.764. The van der Waals surface area contributed by atoms with Crippen molar-refractivity contribution in [3.05, 3.63) is 41.5 Å². The number of halogens is 1. The molecule has 0 saturated heterocycles. The Balaban J connectivity index is 2.13. The summed E-state index contributed by atoms with van der Waals surface area (Å²) >= 11 is 0. The molecule has 1 aromatic carbocycles. The first-order chi connectivity index (χ1) is 8.06. The van der Waals surface area contributed by atoms with Gasteiger partial charge in [0, 0.05) is 0 Å². The molecule has 0 spiro atoms. The van der Waals surface area contributed by atoms with Crippen LogP contribution in [0.3, 0.4) is 0 Å². The fraction of sp³-hybridized carbons (Fsp3) is 0.250. The van der Waals surface area contributed by atoms with E-state index in [4.69, 9.17) is 5.73 Å². The Bertz CT molecular complexity index is 504. The van der Waals surface area contributed by atoms with Crippen molar-refractivity contribution in [2.75, 3.05) is 11.1 Å². The van der Waals surface area contributed by atoms with Crippen molar-refractivity contribution >= 4 is 11.6 Å². The molecule has 1 unspecified atom stereocenters. The van der Waals surface area contributed by atoms with Crippen molar-refractivity contribution in [1.82, 2.24) is 9.97 Å². The maximum absolute atomic E-state index is 12.8. The Hall–Kier alpha value is -2.04. The van der Waals surface area contributed by atoms with Gasteiger partial charge in [-0.2, -0.15) is 0 Å². The number of aromatic amines is 1. The van der Waals surface area contributed by atoms with Crippen LogP contribution in [0, 0.1) is 12.7 Å². The van der Waals surface area contributed by atoms with Gasteiger partial charge in [0.1, 0.15) is 17.5 Å². The Labute approximate surface area is 99.1 Å². The third kappa shape index (κ3) is 2.55. The molecule has 0 radical (unpaired) electrons. The fourth-order valence-corrected chi connectivity index (χ4v) is 1.66. The predicted molar refractivity (Wildman–Crippen MR) is 66.2 cm³/mol. The number of aryl methyl sites for hydroxylation is 1. The number of nitrogens with one attached hydrogen (secondary N) is 2. The van der Waals surface area contributed by atoms with E-state index in [-0.39, 0.29) is 11.9 Å². The molecule has 0 fully saturated rings. The van der Waals surface area contributed by atoms with Crippen LogP contribution in [0.25, 0.3) is 0 Å². The number of hydrogen-bond acceptors (Lipinski definition) is 3. The van der Waals surface area contributed by atoms with Gasteiger partial charge in [-0.25, -0.2) is 9.37 Å². The molecule has 4 N–H and O–H groups in total. The molecule has 0 saturated carbocycles. The normalized spacial score (nSPS) is 12.4. The van der Waals surface area contributed by atoms with Gasteiger partial charge in [0.05, 0.1) is 6.04 Å². The van der Waals surface area contributed by atoms with Crippen molar-refractivity contribution in [1.29, 1.82) is 0 Å². The van der Waals surface area contributed by atoms with E-state index in [1.54, 1.807) is 12.1 Å². The number of benzene rings is 1.